The normalized spacial score (nSPS) is 27.7. The summed E-state index contributed by atoms with van der Waals surface area (Å²) < 4.78 is 1.09. The van der Waals surface area contributed by atoms with Crippen molar-refractivity contribution < 1.29 is 4.79 Å². The van der Waals surface area contributed by atoms with Crippen LogP contribution in [0.1, 0.15) is 48.5 Å². The van der Waals surface area contributed by atoms with Crippen LogP contribution in [0.2, 0.25) is 0 Å². The number of amides is 1. The molecular formula is C17H23IN2O. The molecule has 2 heterocycles. The highest BCUT2D eigenvalue weighted by molar-refractivity contribution is 14.1. The summed E-state index contributed by atoms with van der Waals surface area (Å²) in [7, 11) is 0. The molecule has 1 N–H and O–H groups in total. The van der Waals surface area contributed by atoms with Gasteiger partial charge < -0.3 is 10.2 Å². The maximum absolute atomic E-state index is 13.0. The van der Waals surface area contributed by atoms with Crippen molar-refractivity contribution in [1.29, 1.82) is 0 Å². The molecule has 2 fully saturated rings. The van der Waals surface area contributed by atoms with E-state index >= 15 is 0 Å². The maximum atomic E-state index is 13.0. The number of carbonyl (C=O) groups is 1. The van der Waals surface area contributed by atoms with Gasteiger partial charge >= 0.3 is 0 Å². The lowest BCUT2D eigenvalue weighted by Crippen LogP contribution is -2.50. The number of hydrogen-bond donors (Lipinski definition) is 1. The zero-order chi connectivity index (χ0) is 15.0. The second-order valence-corrected chi connectivity index (χ2v) is 7.37. The van der Waals surface area contributed by atoms with Gasteiger partial charge in [-0.2, -0.15) is 0 Å². The van der Waals surface area contributed by atoms with Crippen molar-refractivity contribution in [3.63, 3.8) is 0 Å². The molecule has 2 aliphatic heterocycles. The Morgan fingerprint density at radius 2 is 2.00 bits per heavy atom. The van der Waals surface area contributed by atoms with E-state index in [0.29, 0.717) is 18.1 Å². The van der Waals surface area contributed by atoms with Crippen molar-refractivity contribution in [1.82, 2.24) is 10.2 Å². The Balaban J connectivity index is 1.82. The van der Waals surface area contributed by atoms with Crippen LogP contribution < -0.4 is 5.32 Å². The lowest BCUT2D eigenvalue weighted by molar-refractivity contribution is 0.0630. The molecule has 114 valence electrons. The summed E-state index contributed by atoms with van der Waals surface area (Å²) >= 11 is 2.30. The third-order valence-electron chi connectivity index (χ3n) is 4.91. The van der Waals surface area contributed by atoms with Gasteiger partial charge in [-0.3, -0.25) is 4.79 Å². The van der Waals surface area contributed by atoms with Gasteiger partial charge in [-0.25, -0.2) is 0 Å². The van der Waals surface area contributed by atoms with E-state index in [4.69, 9.17) is 0 Å². The van der Waals surface area contributed by atoms with E-state index < -0.39 is 0 Å². The van der Waals surface area contributed by atoms with Crippen LogP contribution in [-0.4, -0.2) is 35.5 Å². The highest BCUT2D eigenvalue weighted by atomic mass is 127. The van der Waals surface area contributed by atoms with E-state index in [0.717, 1.165) is 28.5 Å². The predicted octanol–water partition coefficient (Wildman–Crippen LogP) is 3.34. The van der Waals surface area contributed by atoms with E-state index in [-0.39, 0.29) is 5.91 Å². The highest BCUT2D eigenvalue weighted by Crippen LogP contribution is 2.31. The molecule has 0 spiro atoms. The van der Waals surface area contributed by atoms with Gasteiger partial charge in [0.2, 0.25) is 0 Å². The van der Waals surface area contributed by atoms with Crippen LogP contribution in [-0.2, 0) is 0 Å². The maximum Gasteiger partial charge on any atom is 0.255 e. The van der Waals surface area contributed by atoms with Crippen molar-refractivity contribution in [2.75, 3.05) is 6.54 Å². The molecule has 1 amide bonds. The second-order valence-electron chi connectivity index (χ2n) is 6.29. The first-order valence-electron chi connectivity index (χ1n) is 7.92. The largest absolute Gasteiger partial charge is 0.336 e. The molecular weight excluding hydrogens is 375 g/mol. The molecule has 2 aliphatic rings. The topological polar surface area (TPSA) is 32.3 Å². The van der Waals surface area contributed by atoms with Gasteiger partial charge in [0.25, 0.3) is 5.91 Å². The van der Waals surface area contributed by atoms with Crippen molar-refractivity contribution >= 4 is 28.5 Å². The second kappa shape index (κ2) is 6.24. The lowest BCUT2D eigenvalue weighted by Gasteiger charge is -2.37. The average molecular weight is 398 g/mol. The molecule has 2 bridgehead atoms. The SMILES string of the molecule is CCN(C(=O)c1cccc(C)c1I)C1CC2CCC(C1)N2. The van der Waals surface area contributed by atoms with Crippen LogP contribution in [0.25, 0.3) is 0 Å². The molecule has 2 unspecified atom stereocenters. The summed E-state index contributed by atoms with van der Waals surface area (Å²) in [5, 5.41) is 3.66. The van der Waals surface area contributed by atoms with E-state index in [9.17, 15) is 4.79 Å². The molecule has 21 heavy (non-hydrogen) atoms. The molecule has 2 atom stereocenters. The number of carbonyl (C=O) groups excluding carboxylic acids is 1. The number of nitrogens with one attached hydrogen (secondary N) is 1. The fourth-order valence-corrected chi connectivity index (χ4v) is 4.41. The molecule has 0 aliphatic carbocycles. The standard InChI is InChI=1S/C17H23IN2O/c1-3-20(14-9-12-7-8-13(10-14)19-12)17(21)15-6-4-5-11(2)16(15)18/h4-6,12-14,19H,3,7-10H2,1-2H3. The Labute approximate surface area is 140 Å². The third-order valence-corrected chi connectivity index (χ3v) is 6.34. The number of piperidine rings is 1. The van der Waals surface area contributed by atoms with Crippen molar-refractivity contribution in [2.24, 2.45) is 0 Å². The van der Waals surface area contributed by atoms with E-state index in [1.54, 1.807) is 0 Å². The Kier molecular flexibility index (Phi) is 4.54. The first kappa shape index (κ1) is 15.3. The number of rotatable bonds is 3. The molecule has 3 rings (SSSR count). The van der Waals surface area contributed by atoms with Crippen LogP contribution in [0.15, 0.2) is 18.2 Å². The highest BCUT2D eigenvalue weighted by Gasteiger charge is 2.37. The smallest absolute Gasteiger partial charge is 0.255 e. The third kappa shape index (κ3) is 2.97. The predicted molar refractivity (Wildman–Crippen MR) is 93.6 cm³/mol. The Bertz CT molecular complexity index is 534. The summed E-state index contributed by atoms with van der Waals surface area (Å²) in [5.74, 6) is 0.205. The summed E-state index contributed by atoms with van der Waals surface area (Å²) in [4.78, 5) is 15.1. The lowest BCUT2D eigenvalue weighted by atomic mass is 9.97. The number of benzene rings is 1. The molecule has 3 nitrogen and oxygen atoms in total. The number of hydrogen-bond acceptors (Lipinski definition) is 2. The quantitative estimate of drug-likeness (QED) is 0.793. The van der Waals surface area contributed by atoms with Crippen LogP contribution >= 0.6 is 22.6 Å². The molecule has 1 aromatic rings. The average Bonchev–Trinajstić information content (AvgIpc) is 2.81. The summed E-state index contributed by atoms with van der Waals surface area (Å²) in [6.45, 7) is 4.97. The van der Waals surface area contributed by atoms with Gasteiger partial charge in [0.1, 0.15) is 0 Å². The fourth-order valence-electron chi connectivity index (χ4n) is 3.82. The fraction of sp³-hybridized carbons (Fsp3) is 0.588. The van der Waals surface area contributed by atoms with Gasteiger partial charge in [-0.15, -0.1) is 0 Å². The zero-order valence-electron chi connectivity index (χ0n) is 12.7. The number of aryl methyl sites for hydroxylation is 1. The monoisotopic (exact) mass is 398 g/mol. The van der Waals surface area contributed by atoms with Crippen molar-refractivity contribution in [3.8, 4) is 0 Å². The van der Waals surface area contributed by atoms with Crippen LogP contribution in [0, 0.1) is 10.5 Å². The Hall–Kier alpha value is -0.620. The van der Waals surface area contributed by atoms with Crippen LogP contribution in [0.5, 0.6) is 0 Å². The summed E-state index contributed by atoms with van der Waals surface area (Å²) in [6, 6.07) is 7.66. The van der Waals surface area contributed by atoms with Gasteiger partial charge in [0, 0.05) is 28.2 Å². The first-order chi connectivity index (χ1) is 10.1. The summed E-state index contributed by atoms with van der Waals surface area (Å²) in [5.41, 5.74) is 2.05. The molecule has 4 heteroatoms. The van der Waals surface area contributed by atoms with Crippen molar-refractivity contribution in [2.45, 2.75) is 57.7 Å². The van der Waals surface area contributed by atoms with Gasteiger partial charge in [0.15, 0.2) is 0 Å². The number of halogens is 1. The molecule has 0 saturated carbocycles. The Morgan fingerprint density at radius 1 is 1.33 bits per heavy atom. The Morgan fingerprint density at radius 3 is 2.62 bits per heavy atom. The minimum absolute atomic E-state index is 0.205. The van der Waals surface area contributed by atoms with Gasteiger partial charge in [-0.05, 0) is 73.8 Å². The van der Waals surface area contributed by atoms with E-state index in [2.05, 4.69) is 52.7 Å². The minimum atomic E-state index is 0.205. The van der Waals surface area contributed by atoms with Crippen LogP contribution in [0.4, 0.5) is 0 Å². The van der Waals surface area contributed by atoms with Crippen molar-refractivity contribution in [3.05, 3.63) is 32.9 Å². The first-order valence-corrected chi connectivity index (χ1v) is 9.00. The molecule has 1 aromatic carbocycles. The summed E-state index contributed by atoms with van der Waals surface area (Å²) in [6.07, 6.45) is 4.76. The van der Waals surface area contributed by atoms with E-state index in [1.165, 1.54) is 18.4 Å². The molecule has 0 radical (unpaired) electrons. The zero-order valence-corrected chi connectivity index (χ0v) is 14.9. The van der Waals surface area contributed by atoms with Gasteiger partial charge in [0.05, 0.1) is 5.56 Å². The molecule has 2 saturated heterocycles. The van der Waals surface area contributed by atoms with Gasteiger partial charge in [-0.1, -0.05) is 12.1 Å². The van der Waals surface area contributed by atoms with E-state index in [1.807, 2.05) is 12.1 Å². The number of fused-ring (bicyclic) bond motifs is 2. The van der Waals surface area contributed by atoms with Crippen LogP contribution in [0.3, 0.4) is 0 Å². The number of nitrogens with zero attached hydrogens (tertiary/aromatic N) is 1. The molecule has 0 aromatic heterocycles. The minimum Gasteiger partial charge on any atom is -0.336 e.